The molecule has 10 heavy (non-hydrogen) atoms. The third-order valence-electron chi connectivity index (χ3n) is 0.992. The standard InChI is InChI=1S/C7H6O3/c1-5(8)4-7-6(9)2-3-10-7/h2-4H,1H3. The van der Waals surface area contributed by atoms with Gasteiger partial charge in [-0.25, -0.2) is 0 Å². The molecule has 0 aromatic heterocycles. The van der Waals surface area contributed by atoms with E-state index in [9.17, 15) is 9.59 Å². The molecule has 0 bridgehead atoms. The molecular weight excluding hydrogens is 132 g/mol. The van der Waals surface area contributed by atoms with Gasteiger partial charge in [-0.15, -0.1) is 0 Å². The van der Waals surface area contributed by atoms with E-state index < -0.39 is 0 Å². The van der Waals surface area contributed by atoms with Gasteiger partial charge in [0, 0.05) is 12.2 Å². The highest BCUT2D eigenvalue weighted by atomic mass is 16.5. The van der Waals surface area contributed by atoms with Crippen molar-refractivity contribution in [1.82, 2.24) is 0 Å². The van der Waals surface area contributed by atoms with E-state index in [1.165, 1.54) is 25.3 Å². The summed E-state index contributed by atoms with van der Waals surface area (Å²) in [5, 5.41) is 0. The van der Waals surface area contributed by atoms with Crippen LogP contribution in [-0.4, -0.2) is 11.6 Å². The van der Waals surface area contributed by atoms with Crippen molar-refractivity contribution in [3.63, 3.8) is 0 Å². The van der Waals surface area contributed by atoms with E-state index in [4.69, 9.17) is 0 Å². The van der Waals surface area contributed by atoms with Crippen molar-refractivity contribution in [3.05, 3.63) is 24.2 Å². The minimum Gasteiger partial charge on any atom is -0.461 e. The molecule has 0 radical (unpaired) electrons. The molecule has 0 atom stereocenters. The molecule has 3 heteroatoms. The van der Waals surface area contributed by atoms with Crippen molar-refractivity contribution in [2.45, 2.75) is 6.92 Å². The van der Waals surface area contributed by atoms with Gasteiger partial charge >= 0.3 is 0 Å². The number of allylic oxidation sites excluding steroid dienone is 2. The van der Waals surface area contributed by atoms with Gasteiger partial charge in [-0.1, -0.05) is 0 Å². The summed E-state index contributed by atoms with van der Waals surface area (Å²) in [6.45, 7) is 1.36. The van der Waals surface area contributed by atoms with E-state index >= 15 is 0 Å². The Kier molecular flexibility index (Phi) is 1.67. The van der Waals surface area contributed by atoms with Crippen LogP contribution in [0.3, 0.4) is 0 Å². The van der Waals surface area contributed by atoms with E-state index in [0.717, 1.165) is 0 Å². The molecular formula is C7H6O3. The molecule has 0 fully saturated rings. The van der Waals surface area contributed by atoms with E-state index in [0.29, 0.717) is 0 Å². The van der Waals surface area contributed by atoms with Gasteiger partial charge in [-0.2, -0.15) is 0 Å². The van der Waals surface area contributed by atoms with Crippen molar-refractivity contribution >= 4 is 11.6 Å². The monoisotopic (exact) mass is 138 g/mol. The zero-order chi connectivity index (χ0) is 7.56. The number of ether oxygens (including phenoxy) is 1. The van der Waals surface area contributed by atoms with Crippen molar-refractivity contribution in [2.24, 2.45) is 0 Å². The van der Waals surface area contributed by atoms with Crippen LogP contribution in [0.5, 0.6) is 0 Å². The molecule has 3 nitrogen and oxygen atoms in total. The maximum Gasteiger partial charge on any atom is 0.224 e. The lowest BCUT2D eigenvalue weighted by Crippen LogP contribution is -1.96. The fraction of sp³-hybridized carbons (Fsp3) is 0.143. The zero-order valence-electron chi connectivity index (χ0n) is 5.46. The molecule has 1 aliphatic rings. The van der Waals surface area contributed by atoms with Gasteiger partial charge in [0.15, 0.2) is 11.5 Å². The molecule has 0 unspecified atom stereocenters. The van der Waals surface area contributed by atoms with Crippen LogP contribution in [-0.2, 0) is 14.3 Å². The number of carbonyl (C=O) groups excluding carboxylic acids is 2. The molecule has 1 rings (SSSR count). The van der Waals surface area contributed by atoms with E-state index in [2.05, 4.69) is 4.74 Å². The quantitative estimate of drug-likeness (QED) is 0.497. The first-order valence-corrected chi connectivity index (χ1v) is 2.80. The molecule has 52 valence electrons. The highest BCUT2D eigenvalue weighted by molar-refractivity contribution is 6.07. The maximum absolute atomic E-state index is 10.7. The highest BCUT2D eigenvalue weighted by Crippen LogP contribution is 2.08. The van der Waals surface area contributed by atoms with Crippen molar-refractivity contribution in [1.29, 1.82) is 0 Å². The number of hydrogen-bond donors (Lipinski definition) is 0. The number of hydrogen-bond acceptors (Lipinski definition) is 3. The zero-order valence-corrected chi connectivity index (χ0v) is 5.46. The second-order valence-corrected chi connectivity index (χ2v) is 1.90. The van der Waals surface area contributed by atoms with Gasteiger partial charge in [0.2, 0.25) is 5.78 Å². The molecule has 1 aliphatic heterocycles. The van der Waals surface area contributed by atoms with Crippen LogP contribution in [0.1, 0.15) is 6.92 Å². The van der Waals surface area contributed by atoms with Crippen LogP contribution < -0.4 is 0 Å². The van der Waals surface area contributed by atoms with Crippen LogP contribution in [0.4, 0.5) is 0 Å². The Morgan fingerprint density at radius 2 is 2.40 bits per heavy atom. The third-order valence-corrected chi connectivity index (χ3v) is 0.992. The summed E-state index contributed by atoms with van der Waals surface area (Å²) in [7, 11) is 0. The second-order valence-electron chi connectivity index (χ2n) is 1.90. The van der Waals surface area contributed by atoms with Crippen molar-refractivity contribution in [3.8, 4) is 0 Å². The summed E-state index contributed by atoms with van der Waals surface area (Å²) < 4.78 is 4.69. The summed E-state index contributed by atoms with van der Waals surface area (Å²) in [6, 6.07) is 0. The first kappa shape index (κ1) is 6.74. The van der Waals surface area contributed by atoms with Gasteiger partial charge in [0.25, 0.3) is 0 Å². The second kappa shape index (κ2) is 2.47. The fourth-order valence-electron chi connectivity index (χ4n) is 0.599. The Bertz CT molecular complexity index is 235. The minimum atomic E-state index is -0.254. The first-order chi connectivity index (χ1) is 4.70. The van der Waals surface area contributed by atoms with Gasteiger partial charge in [-0.05, 0) is 6.92 Å². The Balaban J connectivity index is 2.77. The smallest absolute Gasteiger partial charge is 0.224 e. The molecule has 0 N–H and O–H groups in total. The Morgan fingerprint density at radius 3 is 2.80 bits per heavy atom. The van der Waals surface area contributed by atoms with Crippen LogP contribution in [0.25, 0.3) is 0 Å². The average Bonchev–Trinajstić information content (AvgIpc) is 2.15. The fourth-order valence-corrected chi connectivity index (χ4v) is 0.599. The summed E-state index contributed by atoms with van der Waals surface area (Å²) in [5.74, 6) is -0.338. The normalized spacial score (nSPS) is 19.7. The molecule has 0 spiro atoms. The van der Waals surface area contributed by atoms with Crippen molar-refractivity contribution in [2.75, 3.05) is 0 Å². The number of carbonyl (C=O) groups is 2. The largest absolute Gasteiger partial charge is 0.461 e. The van der Waals surface area contributed by atoms with Crippen LogP contribution >= 0.6 is 0 Å². The SMILES string of the molecule is CC(=O)C=C1OC=CC1=O. The molecule has 0 saturated carbocycles. The van der Waals surface area contributed by atoms with Gasteiger partial charge in [0.05, 0.1) is 6.26 Å². The van der Waals surface area contributed by atoms with Gasteiger partial charge in [0.1, 0.15) is 0 Å². The lowest BCUT2D eigenvalue weighted by atomic mass is 10.3. The molecule has 0 aromatic rings. The summed E-state index contributed by atoms with van der Waals surface area (Å²) in [4.78, 5) is 21.1. The maximum atomic E-state index is 10.7. The molecule has 1 heterocycles. The van der Waals surface area contributed by atoms with E-state index in [-0.39, 0.29) is 17.3 Å². The van der Waals surface area contributed by atoms with Crippen molar-refractivity contribution < 1.29 is 14.3 Å². The predicted octanol–water partition coefficient (Wildman–Crippen LogP) is 0.572. The number of ketones is 2. The molecule has 0 saturated heterocycles. The minimum absolute atomic E-state index is 0.104. The Morgan fingerprint density at radius 1 is 1.70 bits per heavy atom. The lowest BCUT2D eigenvalue weighted by Gasteiger charge is -1.91. The number of rotatable bonds is 1. The van der Waals surface area contributed by atoms with Gasteiger partial charge < -0.3 is 4.74 Å². The van der Waals surface area contributed by atoms with Crippen LogP contribution in [0, 0.1) is 0 Å². The van der Waals surface area contributed by atoms with Gasteiger partial charge in [-0.3, -0.25) is 9.59 Å². The Hall–Kier alpha value is -1.38. The highest BCUT2D eigenvalue weighted by Gasteiger charge is 2.12. The van der Waals surface area contributed by atoms with Crippen LogP contribution in [0.15, 0.2) is 24.2 Å². The lowest BCUT2D eigenvalue weighted by molar-refractivity contribution is -0.115. The topological polar surface area (TPSA) is 43.4 Å². The summed E-state index contributed by atoms with van der Waals surface area (Å²) >= 11 is 0. The molecule has 0 aliphatic carbocycles. The summed E-state index contributed by atoms with van der Waals surface area (Å²) in [5.41, 5.74) is 0. The Labute approximate surface area is 58.0 Å². The predicted molar refractivity (Wildman–Crippen MR) is 34.0 cm³/mol. The van der Waals surface area contributed by atoms with Crippen LogP contribution in [0.2, 0.25) is 0 Å². The first-order valence-electron chi connectivity index (χ1n) is 2.80. The third kappa shape index (κ3) is 1.31. The molecule has 0 amide bonds. The summed E-state index contributed by atoms with van der Waals surface area (Å²) in [6.07, 6.45) is 3.70. The van der Waals surface area contributed by atoms with E-state index in [1.54, 1.807) is 0 Å². The molecule has 0 aromatic carbocycles. The van der Waals surface area contributed by atoms with E-state index in [1.807, 2.05) is 0 Å². The average molecular weight is 138 g/mol.